The van der Waals surface area contributed by atoms with Crippen molar-refractivity contribution in [2.45, 2.75) is 25.9 Å². The van der Waals surface area contributed by atoms with Gasteiger partial charge >= 0.3 is 0 Å². The van der Waals surface area contributed by atoms with Gasteiger partial charge in [-0.05, 0) is 52.5 Å². The second kappa shape index (κ2) is 12.5. The summed E-state index contributed by atoms with van der Waals surface area (Å²) in [7, 11) is 0. The van der Waals surface area contributed by atoms with Crippen molar-refractivity contribution in [3.63, 3.8) is 0 Å². The number of hydrogen-bond acceptors (Lipinski definition) is 6. The molecule has 1 saturated heterocycles. The molecule has 0 bridgehead atoms. The molecular weight excluding hydrogens is 552 g/mol. The number of carbonyl (C=O) groups excluding carboxylic acids is 2. The number of aliphatic hydroxyl groups excluding tert-OH is 1. The lowest BCUT2D eigenvalue weighted by molar-refractivity contribution is -0.114. The molecule has 0 saturated carbocycles. The van der Waals surface area contributed by atoms with Gasteiger partial charge in [0.05, 0.1) is 25.0 Å². The van der Waals surface area contributed by atoms with Gasteiger partial charge in [-0.3, -0.25) is 24.1 Å². The number of fused-ring (bicyclic) bond motifs is 1. The molecule has 43 heavy (non-hydrogen) atoms. The zero-order valence-corrected chi connectivity index (χ0v) is 23.7. The number of piperazine rings is 1. The van der Waals surface area contributed by atoms with Crippen LogP contribution in [0.25, 0.3) is 6.08 Å². The lowest BCUT2D eigenvalue weighted by atomic mass is 9.91. The number of benzene rings is 2. The van der Waals surface area contributed by atoms with E-state index in [0.717, 1.165) is 68.1 Å². The predicted octanol–water partition coefficient (Wildman–Crippen LogP) is 3.72. The number of aliphatic hydroxyl groups is 1. The van der Waals surface area contributed by atoms with E-state index in [1.165, 1.54) is 22.5 Å². The molecule has 0 radical (unpaired) electrons. The highest BCUT2D eigenvalue weighted by Gasteiger charge is 2.25. The van der Waals surface area contributed by atoms with E-state index in [9.17, 15) is 18.4 Å². The van der Waals surface area contributed by atoms with Crippen molar-refractivity contribution in [1.29, 1.82) is 0 Å². The minimum atomic E-state index is -0.926. The summed E-state index contributed by atoms with van der Waals surface area (Å²) in [6.07, 6.45) is 9.24. The third kappa shape index (κ3) is 6.72. The summed E-state index contributed by atoms with van der Waals surface area (Å²) in [5.74, 6) is -2.21. The van der Waals surface area contributed by atoms with Crippen molar-refractivity contribution in [3.8, 4) is 0 Å². The lowest BCUT2D eigenvalue weighted by Gasteiger charge is -2.34. The normalized spacial score (nSPS) is 17.4. The number of ketones is 1. The summed E-state index contributed by atoms with van der Waals surface area (Å²) < 4.78 is 28.3. The molecule has 2 heterocycles. The Kier molecular flexibility index (Phi) is 8.42. The molecule has 0 atom stereocenters. The second-order valence-electron chi connectivity index (χ2n) is 11.2. The SMILES string of the molecule is O=C1CC=C(C(=O)Nc2cnn(Cc3ccc(F)c(F)c3)c2)C=C1C1=Cc2cc(CN3CCN(CCO)CC3)ccc2C1. The number of rotatable bonds is 9. The molecule has 0 spiro atoms. The Morgan fingerprint density at radius 1 is 0.953 bits per heavy atom. The Hall–Kier alpha value is -4.25. The Balaban J connectivity index is 1.09. The number of Topliss-reactive ketones (excluding diaryl/α,β-unsaturated/α-hetero) is 1. The van der Waals surface area contributed by atoms with E-state index in [2.05, 4.69) is 44.5 Å². The van der Waals surface area contributed by atoms with Crippen molar-refractivity contribution in [3.05, 3.63) is 112 Å². The minimum absolute atomic E-state index is 0.0177. The number of β-amino-alcohol motifs (C(OH)–C–C–N with tert-alkyl or cyclic N) is 1. The van der Waals surface area contributed by atoms with E-state index < -0.39 is 11.6 Å². The van der Waals surface area contributed by atoms with Gasteiger partial charge in [-0.1, -0.05) is 36.4 Å². The summed E-state index contributed by atoms with van der Waals surface area (Å²) in [4.78, 5) is 30.7. The fourth-order valence-electron chi connectivity index (χ4n) is 5.81. The van der Waals surface area contributed by atoms with Crippen molar-refractivity contribution in [2.75, 3.05) is 44.6 Å². The van der Waals surface area contributed by atoms with Crippen LogP contribution in [0.1, 0.15) is 28.7 Å². The van der Waals surface area contributed by atoms with Crippen molar-refractivity contribution < 1.29 is 23.5 Å². The molecular formula is C33H33F2N5O3. The molecule has 10 heteroatoms. The van der Waals surface area contributed by atoms with Crippen LogP contribution in [0.4, 0.5) is 14.5 Å². The van der Waals surface area contributed by atoms with E-state index in [-0.39, 0.29) is 31.3 Å². The van der Waals surface area contributed by atoms with Crippen molar-refractivity contribution >= 4 is 23.5 Å². The van der Waals surface area contributed by atoms with Gasteiger partial charge in [0, 0.05) is 63.0 Å². The van der Waals surface area contributed by atoms with Gasteiger partial charge in [0.25, 0.3) is 5.91 Å². The Morgan fingerprint density at radius 2 is 1.72 bits per heavy atom. The van der Waals surface area contributed by atoms with Gasteiger partial charge in [-0.15, -0.1) is 0 Å². The van der Waals surface area contributed by atoms with Gasteiger partial charge in [0.15, 0.2) is 17.4 Å². The van der Waals surface area contributed by atoms with Gasteiger partial charge in [-0.25, -0.2) is 8.78 Å². The monoisotopic (exact) mass is 585 g/mol. The van der Waals surface area contributed by atoms with Gasteiger partial charge in [0.2, 0.25) is 0 Å². The van der Waals surface area contributed by atoms with Crippen LogP contribution in [-0.4, -0.2) is 75.7 Å². The topological polar surface area (TPSA) is 90.7 Å². The van der Waals surface area contributed by atoms with Crippen LogP contribution in [0.5, 0.6) is 0 Å². The molecule has 1 amide bonds. The van der Waals surface area contributed by atoms with Gasteiger partial charge < -0.3 is 10.4 Å². The maximum Gasteiger partial charge on any atom is 0.255 e. The zero-order valence-electron chi connectivity index (χ0n) is 23.7. The first-order chi connectivity index (χ1) is 20.8. The fourth-order valence-corrected chi connectivity index (χ4v) is 5.81. The van der Waals surface area contributed by atoms with E-state index in [1.807, 2.05) is 0 Å². The van der Waals surface area contributed by atoms with Gasteiger partial charge in [-0.2, -0.15) is 5.10 Å². The highest BCUT2D eigenvalue weighted by molar-refractivity contribution is 6.12. The van der Waals surface area contributed by atoms with Crippen LogP contribution < -0.4 is 5.32 Å². The van der Waals surface area contributed by atoms with Crippen LogP contribution in [0.15, 0.2) is 77.7 Å². The van der Waals surface area contributed by atoms with E-state index in [4.69, 9.17) is 5.11 Å². The average Bonchev–Trinajstić information content (AvgIpc) is 3.62. The highest BCUT2D eigenvalue weighted by Crippen LogP contribution is 2.33. The largest absolute Gasteiger partial charge is 0.395 e. The molecule has 2 aromatic carbocycles. The Labute approximate surface area is 248 Å². The molecule has 1 aromatic heterocycles. The molecule has 1 fully saturated rings. The number of nitrogens with zero attached hydrogens (tertiary/aromatic N) is 4. The van der Waals surface area contributed by atoms with E-state index >= 15 is 0 Å². The number of aromatic nitrogens is 2. The first-order valence-corrected chi connectivity index (χ1v) is 14.5. The molecule has 2 N–H and O–H groups in total. The first kappa shape index (κ1) is 28.9. The Bertz CT molecular complexity index is 1650. The molecule has 2 aliphatic carbocycles. The number of anilines is 1. The van der Waals surface area contributed by atoms with Crippen LogP contribution in [0.3, 0.4) is 0 Å². The second-order valence-corrected chi connectivity index (χ2v) is 11.2. The maximum atomic E-state index is 13.5. The van der Waals surface area contributed by atoms with Crippen LogP contribution in [-0.2, 0) is 29.1 Å². The number of hydrogen-bond donors (Lipinski definition) is 2. The fraction of sp³-hybridized carbons (Fsp3) is 0.303. The summed E-state index contributed by atoms with van der Waals surface area (Å²) >= 11 is 0. The van der Waals surface area contributed by atoms with E-state index in [1.54, 1.807) is 18.3 Å². The van der Waals surface area contributed by atoms with E-state index in [0.29, 0.717) is 28.8 Å². The number of carbonyl (C=O) groups is 2. The number of amides is 1. The first-order valence-electron chi connectivity index (χ1n) is 14.5. The molecule has 0 unspecified atom stereocenters. The number of nitrogens with one attached hydrogen (secondary N) is 1. The maximum absolute atomic E-state index is 13.5. The molecule has 8 nitrogen and oxygen atoms in total. The number of halogens is 2. The summed E-state index contributed by atoms with van der Waals surface area (Å²) in [6, 6.07) is 10.1. The van der Waals surface area contributed by atoms with Crippen LogP contribution >= 0.6 is 0 Å². The minimum Gasteiger partial charge on any atom is -0.395 e. The number of allylic oxidation sites excluding steroid dienone is 3. The lowest BCUT2D eigenvalue weighted by Crippen LogP contribution is -2.46. The highest BCUT2D eigenvalue weighted by atomic mass is 19.2. The molecule has 3 aromatic rings. The van der Waals surface area contributed by atoms with Crippen molar-refractivity contribution in [2.24, 2.45) is 0 Å². The van der Waals surface area contributed by atoms with Crippen molar-refractivity contribution in [1.82, 2.24) is 19.6 Å². The van der Waals surface area contributed by atoms with Crippen LogP contribution in [0, 0.1) is 11.6 Å². The molecule has 222 valence electrons. The molecule has 1 aliphatic heterocycles. The smallest absolute Gasteiger partial charge is 0.255 e. The molecule has 6 rings (SSSR count). The Morgan fingerprint density at radius 3 is 2.51 bits per heavy atom. The molecule has 3 aliphatic rings. The summed E-state index contributed by atoms with van der Waals surface area (Å²) in [5.41, 5.74) is 6.35. The van der Waals surface area contributed by atoms with Crippen LogP contribution in [0.2, 0.25) is 0 Å². The standard InChI is InChI=1S/C33H33F2N5O3/c34-30-5-2-23(14-31(30)35)20-40-21-28(18-36-40)37-33(43)25-4-6-32(42)29(17-25)27-15-24-3-1-22(13-26(24)16-27)19-39-9-7-38(8-10-39)11-12-41/h1-5,13-14,16-18,21,41H,6-12,15,19-20H2,(H,37,43). The zero-order chi connectivity index (χ0) is 29.9. The third-order valence-electron chi connectivity index (χ3n) is 8.14. The third-order valence-corrected chi connectivity index (χ3v) is 8.14. The summed E-state index contributed by atoms with van der Waals surface area (Å²) in [5, 5.41) is 16.2. The summed E-state index contributed by atoms with van der Waals surface area (Å²) in [6.45, 7) is 5.82. The predicted molar refractivity (Wildman–Crippen MR) is 159 cm³/mol. The average molecular weight is 586 g/mol. The quantitative estimate of drug-likeness (QED) is 0.398. The van der Waals surface area contributed by atoms with Gasteiger partial charge in [0.1, 0.15) is 0 Å².